The normalized spacial score (nSPS) is 18.4. The van der Waals surface area contributed by atoms with Crippen molar-refractivity contribution in [3.63, 3.8) is 0 Å². The number of amides is 2. The molecule has 1 unspecified atom stereocenters. The summed E-state index contributed by atoms with van der Waals surface area (Å²) >= 11 is 11.9. The first kappa shape index (κ1) is 15.1. The van der Waals surface area contributed by atoms with E-state index in [4.69, 9.17) is 23.2 Å². The van der Waals surface area contributed by atoms with E-state index in [-0.39, 0.29) is 24.2 Å². The van der Waals surface area contributed by atoms with Gasteiger partial charge in [0.25, 0.3) is 0 Å². The highest BCUT2D eigenvalue weighted by Gasteiger charge is 2.33. The second-order valence-electron chi connectivity index (χ2n) is 4.79. The average molecular weight is 315 g/mol. The van der Waals surface area contributed by atoms with Gasteiger partial charge < -0.3 is 10.2 Å². The third kappa shape index (κ3) is 3.44. The van der Waals surface area contributed by atoms with Crippen LogP contribution in [0.25, 0.3) is 0 Å². The Morgan fingerprint density at radius 1 is 1.45 bits per heavy atom. The molecular formula is C14H16Cl2N2O2. The van der Waals surface area contributed by atoms with Crippen molar-refractivity contribution in [2.75, 3.05) is 13.1 Å². The van der Waals surface area contributed by atoms with Crippen LogP contribution in [-0.4, -0.2) is 29.8 Å². The number of nitrogens with one attached hydrogen (secondary N) is 1. The average Bonchev–Trinajstić information content (AvgIpc) is 2.79. The summed E-state index contributed by atoms with van der Waals surface area (Å²) in [5, 5.41) is 3.90. The summed E-state index contributed by atoms with van der Waals surface area (Å²) in [6.45, 7) is 3.39. The maximum atomic E-state index is 12.0. The molecule has 0 spiro atoms. The lowest BCUT2D eigenvalue weighted by Crippen LogP contribution is -2.32. The first-order valence-corrected chi connectivity index (χ1v) is 7.26. The van der Waals surface area contributed by atoms with E-state index in [0.29, 0.717) is 29.7 Å². The number of carbonyl (C=O) groups excluding carboxylic acids is 2. The van der Waals surface area contributed by atoms with Crippen molar-refractivity contribution in [1.82, 2.24) is 10.2 Å². The van der Waals surface area contributed by atoms with E-state index < -0.39 is 0 Å². The lowest BCUT2D eigenvalue weighted by atomic mass is 10.1. The van der Waals surface area contributed by atoms with Gasteiger partial charge in [-0.15, -0.1) is 0 Å². The van der Waals surface area contributed by atoms with Crippen molar-refractivity contribution in [3.8, 4) is 0 Å². The summed E-state index contributed by atoms with van der Waals surface area (Å²) in [5.74, 6) is -0.342. The first-order chi connectivity index (χ1) is 9.51. The Kier molecular flexibility index (Phi) is 4.89. The van der Waals surface area contributed by atoms with E-state index in [9.17, 15) is 9.59 Å². The van der Waals surface area contributed by atoms with E-state index in [1.165, 1.54) is 0 Å². The van der Waals surface area contributed by atoms with Crippen molar-refractivity contribution in [1.29, 1.82) is 0 Å². The van der Waals surface area contributed by atoms with Crippen LogP contribution in [0.3, 0.4) is 0 Å². The zero-order valence-electron chi connectivity index (χ0n) is 11.2. The number of benzene rings is 1. The summed E-state index contributed by atoms with van der Waals surface area (Å²) in [4.78, 5) is 25.3. The van der Waals surface area contributed by atoms with Crippen molar-refractivity contribution in [3.05, 3.63) is 33.8 Å². The lowest BCUT2D eigenvalue weighted by molar-refractivity contribution is -0.128. The zero-order valence-corrected chi connectivity index (χ0v) is 12.7. The van der Waals surface area contributed by atoms with E-state index >= 15 is 0 Å². The van der Waals surface area contributed by atoms with Gasteiger partial charge in [-0.3, -0.25) is 9.59 Å². The van der Waals surface area contributed by atoms with Gasteiger partial charge in [0, 0.05) is 36.1 Å². The third-order valence-electron chi connectivity index (χ3n) is 3.44. The molecule has 0 saturated carbocycles. The van der Waals surface area contributed by atoms with Crippen molar-refractivity contribution >= 4 is 35.0 Å². The highest BCUT2D eigenvalue weighted by Crippen LogP contribution is 2.21. The molecule has 1 aliphatic rings. The second kappa shape index (κ2) is 6.46. The number of hydrogen-bond acceptors (Lipinski definition) is 2. The van der Waals surface area contributed by atoms with Crippen molar-refractivity contribution in [2.45, 2.75) is 19.9 Å². The molecule has 1 N–H and O–H groups in total. The number of rotatable bonds is 4. The number of nitrogens with zero attached hydrogens (tertiary/aromatic N) is 1. The molecule has 0 bridgehead atoms. The number of likely N-dealkylation sites (tertiary alicyclic amines) is 1. The van der Waals surface area contributed by atoms with Crippen LogP contribution in [0, 0.1) is 5.92 Å². The van der Waals surface area contributed by atoms with Gasteiger partial charge in [-0.05, 0) is 24.6 Å². The summed E-state index contributed by atoms with van der Waals surface area (Å²) in [6.07, 6.45) is 0.286. The quantitative estimate of drug-likeness (QED) is 0.928. The fourth-order valence-electron chi connectivity index (χ4n) is 2.25. The minimum absolute atomic E-state index is 0.0391. The largest absolute Gasteiger partial charge is 0.352 e. The van der Waals surface area contributed by atoms with E-state index in [1.54, 1.807) is 23.1 Å². The molecule has 2 rings (SSSR count). The Labute approximate surface area is 128 Å². The van der Waals surface area contributed by atoms with Gasteiger partial charge in [0.15, 0.2) is 0 Å². The maximum Gasteiger partial charge on any atom is 0.225 e. The summed E-state index contributed by atoms with van der Waals surface area (Å²) in [6, 6.07) is 5.15. The molecule has 0 aromatic heterocycles. The Morgan fingerprint density at radius 2 is 2.20 bits per heavy atom. The highest BCUT2D eigenvalue weighted by molar-refractivity contribution is 6.35. The van der Waals surface area contributed by atoms with Crippen LogP contribution < -0.4 is 5.32 Å². The van der Waals surface area contributed by atoms with Gasteiger partial charge in [-0.2, -0.15) is 0 Å². The lowest BCUT2D eigenvalue weighted by Gasteiger charge is -2.14. The highest BCUT2D eigenvalue weighted by atomic mass is 35.5. The molecule has 1 saturated heterocycles. The summed E-state index contributed by atoms with van der Waals surface area (Å²) < 4.78 is 0. The Balaban J connectivity index is 1.91. The van der Waals surface area contributed by atoms with Gasteiger partial charge in [0.05, 0.1) is 5.92 Å². The Bertz CT molecular complexity index is 534. The smallest absolute Gasteiger partial charge is 0.225 e. The second-order valence-corrected chi connectivity index (χ2v) is 5.63. The van der Waals surface area contributed by atoms with Crippen LogP contribution in [0.15, 0.2) is 18.2 Å². The van der Waals surface area contributed by atoms with Gasteiger partial charge in [-0.25, -0.2) is 0 Å². The molecule has 2 amide bonds. The van der Waals surface area contributed by atoms with E-state index in [2.05, 4.69) is 5.32 Å². The number of carbonyl (C=O) groups is 2. The minimum Gasteiger partial charge on any atom is -0.352 e. The third-order valence-corrected chi connectivity index (χ3v) is 4.02. The molecule has 0 radical (unpaired) electrons. The molecule has 1 atom stereocenters. The Hall–Kier alpha value is -1.26. The fourth-order valence-corrected chi connectivity index (χ4v) is 2.72. The fraction of sp³-hybridized carbons (Fsp3) is 0.429. The topological polar surface area (TPSA) is 49.4 Å². The monoisotopic (exact) mass is 314 g/mol. The van der Waals surface area contributed by atoms with Crippen molar-refractivity contribution in [2.24, 2.45) is 5.92 Å². The molecule has 6 heteroatoms. The van der Waals surface area contributed by atoms with Crippen molar-refractivity contribution < 1.29 is 9.59 Å². The van der Waals surface area contributed by atoms with Crippen LogP contribution in [0.1, 0.15) is 18.9 Å². The number of halogens is 2. The molecule has 0 aliphatic carbocycles. The van der Waals surface area contributed by atoms with Crippen LogP contribution in [0.5, 0.6) is 0 Å². The molecular weight excluding hydrogens is 299 g/mol. The zero-order chi connectivity index (χ0) is 14.7. The van der Waals surface area contributed by atoms with Gasteiger partial charge in [0.2, 0.25) is 11.8 Å². The Morgan fingerprint density at radius 3 is 2.80 bits per heavy atom. The number of hydrogen-bond donors (Lipinski definition) is 1. The van der Waals surface area contributed by atoms with Gasteiger partial charge in [0.1, 0.15) is 0 Å². The van der Waals surface area contributed by atoms with Gasteiger partial charge >= 0.3 is 0 Å². The molecule has 1 heterocycles. The molecule has 4 nitrogen and oxygen atoms in total. The van der Waals surface area contributed by atoms with E-state index in [0.717, 1.165) is 5.56 Å². The first-order valence-electron chi connectivity index (χ1n) is 6.50. The standard InChI is InChI=1S/C14H16Cl2N2O2/c1-2-18-8-10(5-13(18)19)14(20)17-7-9-3-4-11(15)6-12(9)16/h3-4,6,10H,2,5,7-8H2,1H3,(H,17,20). The van der Waals surface area contributed by atoms with Gasteiger partial charge in [-0.1, -0.05) is 29.3 Å². The van der Waals surface area contributed by atoms with Crippen LogP contribution in [0.2, 0.25) is 10.0 Å². The van der Waals surface area contributed by atoms with Crippen LogP contribution in [-0.2, 0) is 16.1 Å². The predicted molar refractivity (Wildman–Crippen MR) is 78.7 cm³/mol. The molecule has 1 fully saturated rings. The molecule has 1 aromatic rings. The molecule has 108 valence electrons. The minimum atomic E-state index is -0.270. The summed E-state index contributed by atoms with van der Waals surface area (Å²) in [5.41, 5.74) is 0.807. The van der Waals surface area contributed by atoms with Crippen LogP contribution >= 0.6 is 23.2 Å². The molecule has 1 aliphatic heterocycles. The predicted octanol–water partition coefficient (Wildman–Crippen LogP) is 2.48. The molecule has 1 aromatic carbocycles. The molecule has 20 heavy (non-hydrogen) atoms. The summed E-state index contributed by atoms with van der Waals surface area (Å²) in [7, 11) is 0. The SMILES string of the molecule is CCN1CC(C(=O)NCc2ccc(Cl)cc2Cl)CC1=O. The van der Waals surface area contributed by atoms with Crippen LogP contribution in [0.4, 0.5) is 0 Å². The maximum absolute atomic E-state index is 12.0. The van der Waals surface area contributed by atoms with E-state index in [1.807, 2.05) is 6.92 Å².